The van der Waals surface area contributed by atoms with Gasteiger partial charge in [-0.05, 0) is 26.2 Å². The second-order valence-corrected chi connectivity index (χ2v) is 4.65. The molecule has 3 unspecified atom stereocenters. The molecule has 18 heavy (non-hydrogen) atoms. The minimum atomic E-state index is -0.232. The van der Waals surface area contributed by atoms with Crippen molar-refractivity contribution in [2.45, 2.75) is 57.3 Å². The minimum absolute atomic E-state index is 0.0174. The topological polar surface area (TPSA) is 70.8 Å². The van der Waals surface area contributed by atoms with Crippen LogP contribution in [0.2, 0.25) is 0 Å². The number of hydrogen-bond acceptors (Lipinski definition) is 5. The van der Waals surface area contributed by atoms with Crippen molar-refractivity contribution >= 4 is 5.97 Å². The molecule has 1 aliphatic rings. The Bertz CT molecular complexity index is 247. The van der Waals surface area contributed by atoms with E-state index in [-0.39, 0.29) is 30.7 Å². The van der Waals surface area contributed by atoms with E-state index in [0.29, 0.717) is 13.2 Å². The van der Waals surface area contributed by atoms with Crippen LogP contribution < -0.4 is 5.73 Å². The molecule has 0 amide bonds. The number of methoxy groups -OCH3 is 1. The summed E-state index contributed by atoms with van der Waals surface area (Å²) in [5.41, 5.74) is 5.53. The Morgan fingerprint density at radius 1 is 1.39 bits per heavy atom. The summed E-state index contributed by atoms with van der Waals surface area (Å²) in [4.78, 5) is 11.8. The summed E-state index contributed by atoms with van der Waals surface area (Å²) < 4.78 is 16.1. The highest BCUT2D eigenvalue weighted by molar-refractivity contribution is 5.70. The molecule has 0 spiro atoms. The number of carbonyl (C=O) groups is 1. The third kappa shape index (κ3) is 5.33. The Balaban J connectivity index is 2.30. The van der Waals surface area contributed by atoms with Crippen molar-refractivity contribution in [2.75, 3.05) is 20.3 Å². The molecule has 2 N–H and O–H groups in total. The zero-order valence-electron chi connectivity index (χ0n) is 11.4. The molecule has 0 aromatic rings. The molecule has 1 saturated carbocycles. The van der Waals surface area contributed by atoms with Crippen molar-refractivity contribution in [2.24, 2.45) is 5.73 Å². The number of ether oxygens (including phenoxy) is 3. The Morgan fingerprint density at radius 3 is 2.72 bits per heavy atom. The van der Waals surface area contributed by atoms with Gasteiger partial charge in [0.05, 0.1) is 18.6 Å². The summed E-state index contributed by atoms with van der Waals surface area (Å²) in [7, 11) is 1.70. The van der Waals surface area contributed by atoms with Gasteiger partial charge in [0.2, 0.25) is 0 Å². The van der Waals surface area contributed by atoms with Crippen LogP contribution in [0, 0.1) is 0 Å². The van der Waals surface area contributed by atoms with E-state index >= 15 is 0 Å². The first-order valence-corrected chi connectivity index (χ1v) is 6.73. The van der Waals surface area contributed by atoms with Crippen LogP contribution in [-0.2, 0) is 19.0 Å². The van der Waals surface area contributed by atoms with Gasteiger partial charge in [0.15, 0.2) is 0 Å². The molecular weight excluding hydrogens is 234 g/mol. The van der Waals surface area contributed by atoms with Crippen LogP contribution in [0.25, 0.3) is 0 Å². The Labute approximate surface area is 109 Å². The van der Waals surface area contributed by atoms with Crippen LogP contribution in [0.5, 0.6) is 0 Å². The average Bonchev–Trinajstić information content (AvgIpc) is 2.38. The maximum Gasteiger partial charge on any atom is 0.308 e. The number of hydrogen-bond donors (Lipinski definition) is 1. The standard InChI is InChI=1S/C13H25NO4/c1-3-17-12(9-14)8-13(15)18-11-6-4-5-10(7-11)16-2/h10-12H,3-9,14H2,1-2H3. The summed E-state index contributed by atoms with van der Waals surface area (Å²) in [5, 5.41) is 0. The molecular formula is C13H25NO4. The number of rotatable bonds is 7. The van der Waals surface area contributed by atoms with E-state index in [1.165, 1.54) is 0 Å². The lowest BCUT2D eigenvalue weighted by Crippen LogP contribution is -2.32. The molecule has 0 aliphatic heterocycles. The van der Waals surface area contributed by atoms with Gasteiger partial charge >= 0.3 is 5.97 Å². The Kier molecular flexibility index (Phi) is 7.23. The molecule has 0 radical (unpaired) electrons. The lowest BCUT2D eigenvalue weighted by atomic mass is 9.95. The largest absolute Gasteiger partial charge is 0.462 e. The summed E-state index contributed by atoms with van der Waals surface area (Å²) in [6.07, 6.45) is 4.02. The molecule has 5 nitrogen and oxygen atoms in total. The van der Waals surface area contributed by atoms with Gasteiger partial charge in [-0.15, -0.1) is 0 Å². The van der Waals surface area contributed by atoms with Gasteiger partial charge in [-0.25, -0.2) is 0 Å². The van der Waals surface area contributed by atoms with E-state index in [1.807, 2.05) is 6.92 Å². The highest BCUT2D eigenvalue weighted by Crippen LogP contribution is 2.23. The predicted octanol–water partition coefficient (Wildman–Crippen LogP) is 1.24. The van der Waals surface area contributed by atoms with E-state index in [2.05, 4.69) is 0 Å². The summed E-state index contributed by atoms with van der Waals surface area (Å²) >= 11 is 0. The van der Waals surface area contributed by atoms with E-state index in [9.17, 15) is 4.79 Å². The van der Waals surface area contributed by atoms with Crippen molar-refractivity contribution < 1.29 is 19.0 Å². The molecule has 0 aromatic carbocycles. The van der Waals surface area contributed by atoms with Gasteiger partial charge < -0.3 is 19.9 Å². The van der Waals surface area contributed by atoms with Crippen molar-refractivity contribution in [1.29, 1.82) is 0 Å². The second-order valence-electron chi connectivity index (χ2n) is 4.65. The number of nitrogens with two attached hydrogens (primary N) is 1. The molecule has 0 heterocycles. The SMILES string of the molecule is CCOC(CN)CC(=O)OC1CCCC(OC)C1. The normalized spacial score (nSPS) is 25.7. The van der Waals surface area contributed by atoms with Crippen molar-refractivity contribution in [3.05, 3.63) is 0 Å². The zero-order chi connectivity index (χ0) is 13.4. The maximum atomic E-state index is 11.8. The monoisotopic (exact) mass is 259 g/mol. The van der Waals surface area contributed by atoms with E-state index in [1.54, 1.807) is 7.11 Å². The number of esters is 1. The van der Waals surface area contributed by atoms with Gasteiger partial charge in [0.25, 0.3) is 0 Å². The fourth-order valence-corrected chi connectivity index (χ4v) is 2.29. The Morgan fingerprint density at radius 2 is 2.11 bits per heavy atom. The quantitative estimate of drug-likeness (QED) is 0.697. The third-order valence-electron chi connectivity index (χ3n) is 3.27. The van der Waals surface area contributed by atoms with Gasteiger partial charge in [0.1, 0.15) is 6.10 Å². The molecule has 106 valence electrons. The van der Waals surface area contributed by atoms with Crippen LogP contribution in [0.3, 0.4) is 0 Å². The van der Waals surface area contributed by atoms with Gasteiger partial charge in [-0.3, -0.25) is 4.79 Å². The van der Waals surface area contributed by atoms with Crippen molar-refractivity contribution in [1.82, 2.24) is 0 Å². The van der Waals surface area contributed by atoms with Crippen LogP contribution in [0.1, 0.15) is 39.0 Å². The first-order valence-electron chi connectivity index (χ1n) is 6.73. The fourth-order valence-electron chi connectivity index (χ4n) is 2.29. The van der Waals surface area contributed by atoms with Gasteiger partial charge in [-0.1, -0.05) is 0 Å². The highest BCUT2D eigenvalue weighted by atomic mass is 16.5. The first kappa shape index (κ1) is 15.4. The molecule has 0 aromatic heterocycles. The summed E-state index contributed by atoms with van der Waals surface area (Å²) in [6, 6.07) is 0. The van der Waals surface area contributed by atoms with Crippen LogP contribution >= 0.6 is 0 Å². The molecule has 0 bridgehead atoms. The fraction of sp³-hybridized carbons (Fsp3) is 0.923. The van der Waals surface area contributed by atoms with E-state index in [4.69, 9.17) is 19.9 Å². The van der Waals surface area contributed by atoms with Gasteiger partial charge in [-0.2, -0.15) is 0 Å². The molecule has 5 heteroatoms. The first-order chi connectivity index (χ1) is 8.69. The second kappa shape index (κ2) is 8.45. The van der Waals surface area contributed by atoms with Crippen LogP contribution in [-0.4, -0.2) is 44.5 Å². The summed E-state index contributed by atoms with van der Waals surface area (Å²) in [5.74, 6) is -0.222. The van der Waals surface area contributed by atoms with Crippen molar-refractivity contribution in [3.8, 4) is 0 Å². The Hall–Kier alpha value is -0.650. The summed E-state index contributed by atoms with van der Waals surface area (Å²) in [6.45, 7) is 2.79. The third-order valence-corrected chi connectivity index (χ3v) is 3.27. The molecule has 3 atom stereocenters. The maximum absolute atomic E-state index is 11.8. The van der Waals surface area contributed by atoms with Crippen LogP contribution in [0.4, 0.5) is 0 Å². The highest BCUT2D eigenvalue weighted by Gasteiger charge is 2.25. The predicted molar refractivity (Wildman–Crippen MR) is 68.2 cm³/mol. The van der Waals surface area contributed by atoms with Crippen molar-refractivity contribution in [3.63, 3.8) is 0 Å². The molecule has 0 saturated heterocycles. The molecule has 1 aliphatic carbocycles. The average molecular weight is 259 g/mol. The molecule has 1 fully saturated rings. The van der Waals surface area contributed by atoms with Crippen LogP contribution in [0.15, 0.2) is 0 Å². The molecule has 1 rings (SSSR count). The van der Waals surface area contributed by atoms with Gasteiger partial charge in [0, 0.05) is 26.7 Å². The lowest BCUT2D eigenvalue weighted by Gasteiger charge is -2.28. The van der Waals surface area contributed by atoms with E-state index in [0.717, 1.165) is 25.7 Å². The zero-order valence-corrected chi connectivity index (χ0v) is 11.4. The lowest BCUT2D eigenvalue weighted by molar-refractivity contribution is -0.155. The van der Waals surface area contributed by atoms with E-state index < -0.39 is 0 Å². The number of carbonyl (C=O) groups excluding carboxylic acids is 1. The smallest absolute Gasteiger partial charge is 0.308 e. The minimum Gasteiger partial charge on any atom is -0.462 e.